The van der Waals surface area contributed by atoms with E-state index in [1.807, 2.05) is 49.4 Å². The minimum atomic E-state index is -0.598. The van der Waals surface area contributed by atoms with Crippen molar-refractivity contribution >= 4 is 34.7 Å². The average molecular weight is 489 g/mol. The van der Waals surface area contributed by atoms with Gasteiger partial charge in [0.15, 0.2) is 10.9 Å². The molecular weight excluding hydrogens is 464 g/mol. The molecule has 9 heteroatoms. The average Bonchev–Trinajstić information content (AvgIpc) is 3.27. The van der Waals surface area contributed by atoms with Crippen molar-refractivity contribution in [3.63, 3.8) is 0 Å². The summed E-state index contributed by atoms with van der Waals surface area (Å²) in [7, 11) is 1.60. The first-order chi connectivity index (χ1) is 16.9. The fraction of sp³-hybridized carbons (Fsp3) is 0.192. The highest BCUT2D eigenvalue weighted by Gasteiger charge is 2.36. The molecule has 2 aromatic carbocycles. The van der Waals surface area contributed by atoms with Crippen molar-refractivity contribution < 1.29 is 18.8 Å². The van der Waals surface area contributed by atoms with Crippen molar-refractivity contribution in [3.8, 4) is 23.8 Å². The van der Waals surface area contributed by atoms with Crippen LogP contribution in [0.15, 0.2) is 70.4 Å². The van der Waals surface area contributed by atoms with E-state index in [0.717, 1.165) is 11.3 Å². The zero-order valence-electron chi connectivity index (χ0n) is 19.5. The molecule has 1 unspecified atom stereocenters. The van der Waals surface area contributed by atoms with Gasteiger partial charge in [0, 0.05) is 23.0 Å². The number of para-hydroxylation sites is 1. The molecule has 0 saturated heterocycles. The van der Waals surface area contributed by atoms with E-state index in [2.05, 4.69) is 21.7 Å². The predicted octanol–water partition coefficient (Wildman–Crippen LogP) is 4.35. The molecule has 1 atom stereocenters. The quantitative estimate of drug-likeness (QED) is 0.375. The van der Waals surface area contributed by atoms with Gasteiger partial charge in [-0.3, -0.25) is 9.69 Å². The lowest BCUT2D eigenvalue weighted by Gasteiger charge is -2.38. The lowest BCUT2D eigenvalue weighted by molar-refractivity contribution is -0.113. The Hall–Kier alpha value is -4.29. The number of hydrogen-bond acceptors (Lipinski definition) is 6. The van der Waals surface area contributed by atoms with Crippen molar-refractivity contribution in [1.82, 2.24) is 10.5 Å². The molecule has 2 N–H and O–H groups in total. The Morgan fingerprint density at radius 3 is 2.66 bits per heavy atom. The van der Waals surface area contributed by atoms with Crippen LogP contribution in [0.3, 0.4) is 0 Å². The summed E-state index contributed by atoms with van der Waals surface area (Å²) in [6, 6.07) is 15.8. The van der Waals surface area contributed by atoms with Gasteiger partial charge in [0.25, 0.3) is 5.91 Å². The van der Waals surface area contributed by atoms with Gasteiger partial charge in [-0.25, -0.2) is 0 Å². The molecule has 0 saturated carbocycles. The molecule has 0 aliphatic carbocycles. The molecule has 1 aliphatic rings. The fourth-order valence-electron chi connectivity index (χ4n) is 3.89. The normalized spacial score (nSPS) is 15.3. The number of anilines is 2. The molecule has 3 aromatic rings. The van der Waals surface area contributed by atoms with Crippen LogP contribution in [0.5, 0.6) is 11.5 Å². The van der Waals surface area contributed by atoms with Gasteiger partial charge in [0.1, 0.15) is 23.9 Å². The molecule has 1 aromatic heterocycles. The number of aryl methyl sites for hydroxylation is 1. The summed E-state index contributed by atoms with van der Waals surface area (Å²) in [5, 5.41) is 10.5. The number of carbonyl (C=O) groups excluding carboxylic acids is 1. The summed E-state index contributed by atoms with van der Waals surface area (Å²) in [6.07, 6.45) is 5.40. The molecule has 4 rings (SSSR count). The number of nitrogens with one attached hydrogen (secondary N) is 2. The summed E-state index contributed by atoms with van der Waals surface area (Å²) in [5.74, 6) is 4.27. The van der Waals surface area contributed by atoms with Gasteiger partial charge < -0.3 is 24.6 Å². The second-order valence-corrected chi connectivity index (χ2v) is 8.11. The lowest BCUT2D eigenvalue weighted by atomic mass is 9.93. The maximum absolute atomic E-state index is 13.6. The summed E-state index contributed by atoms with van der Waals surface area (Å²) in [5.41, 5.74) is 2.58. The summed E-state index contributed by atoms with van der Waals surface area (Å²) >= 11 is 5.74. The van der Waals surface area contributed by atoms with Crippen LogP contribution in [0.1, 0.15) is 24.3 Å². The molecule has 0 fully saturated rings. The summed E-state index contributed by atoms with van der Waals surface area (Å²) < 4.78 is 16.1. The van der Waals surface area contributed by atoms with Crippen LogP contribution in [0, 0.1) is 19.3 Å². The number of benzene rings is 2. The Morgan fingerprint density at radius 2 is 2.00 bits per heavy atom. The number of rotatable bonds is 7. The van der Waals surface area contributed by atoms with Crippen LogP contribution in [0.2, 0.25) is 0 Å². The highest BCUT2D eigenvalue weighted by Crippen LogP contribution is 2.38. The van der Waals surface area contributed by atoms with E-state index < -0.39 is 6.04 Å². The predicted molar refractivity (Wildman–Crippen MR) is 137 cm³/mol. The van der Waals surface area contributed by atoms with E-state index in [0.29, 0.717) is 39.5 Å². The Labute approximate surface area is 208 Å². The van der Waals surface area contributed by atoms with Crippen LogP contribution < -0.4 is 25.0 Å². The number of terminal acetylenes is 1. The Morgan fingerprint density at radius 1 is 1.26 bits per heavy atom. The number of nitrogens with zero attached hydrogens (tertiary/aromatic N) is 2. The number of hydrogen-bond donors (Lipinski definition) is 2. The van der Waals surface area contributed by atoms with Crippen LogP contribution >= 0.6 is 12.2 Å². The van der Waals surface area contributed by atoms with Gasteiger partial charge in [0.2, 0.25) is 0 Å². The van der Waals surface area contributed by atoms with Crippen LogP contribution in [-0.2, 0) is 4.79 Å². The third-order valence-corrected chi connectivity index (χ3v) is 5.77. The van der Waals surface area contributed by atoms with E-state index in [9.17, 15) is 4.79 Å². The monoisotopic (exact) mass is 488 g/mol. The molecule has 0 bridgehead atoms. The number of methoxy groups -OCH3 is 1. The number of aromatic nitrogens is 1. The van der Waals surface area contributed by atoms with E-state index in [1.54, 1.807) is 31.1 Å². The second kappa shape index (κ2) is 10.3. The minimum Gasteiger partial charge on any atom is -0.497 e. The highest BCUT2D eigenvalue weighted by atomic mass is 32.1. The summed E-state index contributed by atoms with van der Waals surface area (Å²) in [6.45, 7) is 3.69. The topological polar surface area (TPSA) is 88.9 Å². The Kier molecular flexibility index (Phi) is 7.03. The van der Waals surface area contributed by atoms with Crippen molar-refractivity contribution in [3.05, 3.63) is 77.2 Å². The molecule has 1 aliphatic heterocycles. The highest BCUT2D eigenvalue weighted by molar-refractivity contribution is 7.80. The Bertz CT molecular complexity index is 1320. The summed E-state index contributed by atoms with van der Waals surface area (Å²) in [4.78, 5) is 15.4. The molecule has 0 spiro atoms. The first-order valence-electron chi connectivity index (χ1n) is 10.8. The second-order valence-electron chi connectivity index (χ2n) is 7.72. The third-order valence-electron chi connectivity index (χ3n) is 5.47. The zero-order valence-corrected chi connectivity index (χ0v) is 20.3. The number of allylic oxidation sites excluding steroid dienone is 1. The Balaban J connectivity index is 1.81. The molecule has 2 heterocycles. The fourth-order valence-corrected chi connectivity index (χ4v) is 4.25. The van der Waals surface area contributed by atoms with Crippen molar-refractivity contribution in [2.45, 2.75) is 19.9 Å². The first kappa shape index (κ1) is 23.9. The number of amides is 1. The van der Waals surface area contributed by atoms with Gasteiger partial charge in [-0.15, -0.1) is 6.42 Å². The maximum atomic E-state index is 13.6. The van der Waals surface area contributed by atoms with E-state index in [4.69, 9.17) is 32.6 Å². The smallest absolute Gasteiger partial charge is 0.257 e. The molecular formula is C26H24N4O4S. The van der Waals surface area contributed by atoms with Gasteiger partial charge in [-0.2, -0.15) is 0 Å². The van der Waals surface area contributed by atoms with E-state index in [-0.39, 0.29) is 12.5 Å². The van der Waals surface area contributed by atoms with Crippen LogP contribution in [-0.4, -0.2) is 29.9 Å². The van der Waals surface area contributed by atoms with Gasteiger partial charge in [0.05, 0.1) is 18.7 Å². The van der Waals surface area contributed by atoms with Gasteiger partial charge in [-0.1, -0.05) is 29.3 Å². The van der Waals surface area contributed by atoms with Crippen LogP contribution in [0.25, 0.3) is 0 Å². The minimum absolute atomic E-state index is 0.0919. The van der Waals surface area contributed by atoms with Crippen molar-refractivity contribution in [2.75, 3.05) is 23.9 Å². The number of carbonyl (C=O) groups is 1. The van der Waals surface area contributed by atoms with Gasteiger partial charge in [-0.05, 0) is 56.4 Å². The van der Waals surface area contributed by atoms with E-state index >= 15 is 0 Å². The third kappa shape index (κ3) is 4.98. The molecule has 0 radical (unpaired) electrons. The number of thiocarbonyl (C=S) groups is 1. The standard InChI is InChI=1S/C26H24N4O4S/c1-5-14-33-21-9-7-6-8-20(21)24-23(25(31)27-22-15-16(2)34-29-22)17(3)30(26(35)28-24)18-10-12-19(32-4)13-11-18/h1,6-13,15,24H,14H2,2-4H3,(H,28,35)(H,27,29,31). The molecule has 1 amide bonds. The molecule has 8 nitrogen and oxygen atoms in total. The zero-order chi connectivity index (χ0) is 24.9. The molecule has 35 heavy (non-hydrogen) atoms. The maximum Gasteiger partial charge on any atom is 0.257 e. The molecule has 178 valence electrons. The van der Waals surface area contributed by atoms with Crippen molar-refractivity contribution in [1.29, 1.82) is 0 Å². The number of ether oxygens (including phenoxy) is 2. The largest absolute Gasteiger partial charge is 0.497 e. The SMILES string of the molecule is C#CCOc1ccccc1C1NC(=S)N(c2ccc(OC)cc2)C(C)=C1C(=O)Nc1cc(C)on1. The van der Waals surface area contributed by atoms with Crippen LogP contribution in [0.4, 0.5) is 11.5 Å². The van der Waals surface area contributed by atoms with Gasteiger partial charge >= 0.3 is 0 Å². The lowest BCUT2D eigenvalue weighted by Crippen LogP contribution is -2.48. The van der Waals surface area contributed by atoms with Crippen molar-refractivity contribution in [2.24, 2.45) is 0 Å². The van der Waals surface area contributed by atoms with E-state index in [1.165, 1.54) is 0 Å². The first-order valence-corrected chi connectivity index (χ1v) is 11.2.